The van der Waals surface area contributed by atoms with Crippen molar-refractivity contribution in [3.63, 3.8) is 0 Å². The van der Waals surface area contributed by atoms with E-state index in [4.69, 9.17) is 0 Å². The second kappa shape index (κ2) is 7.68. The van der Waals surface area contributed by atoms with Crippen molar-refractivity contribution in [3.05, 3.63) is 51.4 Å². The third-order valence-electron chi connectivity index (χ3n) is 4.03. The van der Waals surface area contributed by atoms with Gasteiger partial charge >= 0.3 is 0 Å². The van der Waals surface area contributed by atoms with Crippen molar-refractivity contribution in [3.8, 4) is 0 Å². The molecule has 0 spiro atoms. The molecule has 122 valence electrons. The second-order valence-electron chi connectivity index (χ2n) is 5.92. The quantitative estimate of drug-likeness (QED) is 0.786. The number of anilines is 2. The Labute approximate surface area is 141 Å². The molecule has 1 aromatic carbocycles. The zero-order valence-electron chi connectivity index (χ0n) is 13.5. The van der Waals surface area contributed by atoms with Crippen LogP contribution >= 0.6 is 11.8 Å². The molecule has 5 heteroatoms. The molecule has 1 aliphatic rings. The van der Waals surface area contributed by atoms with Crippen LogP contribution in [0, 0.1) is 0 Å². The smallest absolute Gasteiger partial charge is 0.255 e. The van der Waals surface area contributed by atoms with E-state index in [1.807, 2.05) is 23.9 Å². The van der Waals surface area contributed by atoms with Gasteiger partial charge in [-0.1, -0.05) is 19.1 Å². The summed E-state index contributed by atoms with van der Waals surface area (Å²) < 4.78 is 0. The van der Waals surface area contributed by atoms with Crippen LogP contribution in [-0.2, 0) is 18.6 Å². The lowest BCUT2D eigenvalue weighted by atomic mass is 9.97. The molecule has 0 bridgehead atoms. The molecule has 3 rings (SSSR count). The maximum Gasteiger partial charge on any atom is 0.255 e. The fourth-order valence-corrected chi connectivity index (χ4v) is 3.68. The first kappa shape index (κ1) is 16.1. The number of rotatable bonds is 6. The van der Waals surface area contributed by atoms with Crippen LogP contribution in [0.4, 0.5) is 11.6 Å². The molecule has 1 aromatic heterocycles. The summed E-state index contributed by atoms with van der Waals surface area (Å²) in [6.45, 7) is 2.20. The fraction of sp³-hybridized carbons (Fsp3) is 0.444. The summed E-state index contributed by atoms with van der Waals surface area (Å²) in [6.07, 6.45) is 5.17. The zero-order chi connectivity index (χ0) is 16.1. The van der Waals surface area contributed by atoms with E-state index in [1.54, 1.807) is 0 Å². The lowest BCUT2D eigenvalue weighted by Crippen LogP contribution is -2.22. The molecule has 2 N–H and O–H groups in total. The highest BCUT2D eigenvalue weighted by Crippen LogP contribution is 2.20. The number of aryl methyl sites for hydroxylation is 1. The molecule has 0 atom stereocenters. The molecule has 23 heavy (non-hydrogen) atoms. The molecule has 0 aliphatic heterocycles. The zero-order valence-corrected chi connectivity index (χ0v) is 14.3. The van der Waals surface area contributed by atoms with Gasteiger partial charge in [0.15, 0.2) is 0 Å². The number of hydrogen-bond donors (Lipinski definition) is 2. The molecule has 1 heterocycles. The fourth-order valence-electron chi connectivity index (χ4n) is 2.82. The molecular weight excluding hydrogens is 306 g/mol. The second-order valence-corrected chi connectivity index (χ2v) is 7.03. The number of hydrogen-bond acceptors (Lipinski definition) is 4. The van der Waals surface area contributed by atoms with Crippen LogP contribution in [0.15, 0.2) is 29.1 Å². The largest absolute Gasteiger partial charge is 0.326 e. The van der Waals surface area contributed by atoms with Crippen LogP contribution in [0.2, 0.25) is 0 Å². The van der Waals surface area contributed by atoms with Gasteiger partial charge in [-0.25, -0.2) is 4.98 Å². The van der Waals surface area contributed by atoms with E-state index < -0.39 is 0 Å². The Balaban J connectivity index is 1.69. The van der Waals surface area contributed by atoms with Gasteiger partial charge in [-0.2, -0.15) is 11.8 Å². The molecule has 0 amide bonds. The maximum atomic E-state index is 12.1. The number of H-pyrrole nitrogens is 1. The first-order valence-electron chi connectivity index (χ1n) is 8.32. The van der Waals surface area contributed by atoms with Crippen molar-refractivity contribution in [2.24, 2.45) is 0 Å². The van der Waals surface area contributed by atoms with Crippen molar-refractivity contribution in [2.75, 3.05) is 11.1 Å². The summed E-state index contributed by atoms with van der Waals surface area (Å²) in [7, 11) is 0. The minimum absolute atomic E-state index is 0.00443. The van der Waals surface area contributed by atoms with E-state index in [9.17, 15) is 4.79 Å². The van der Waals surface area contributed by atoms with Crippen molar-refractivity contribution >= 4 is 23.4 Å². The molecule has 0 saturated carbocycles. The topological polar surface area (TPSA) is 57.8 Å². The molecule has 0 saturated heterocycles. The SMILES string of the molecule is CCCSCc1ccc(Nc2nc3c(c(=O)[nH]2)CCCC3)cc1. The summed E-state index contributed by atoms with van der Waals surface area (Å²) in [4.78, 5) is 19.6. The Morgan fingerprint density at radius 2 is 2.00 bits per heavy atom. The standard InChI is InChI=1S/C18H23N3OS/c1-2-11-23-12-13-7-9-14(10-8-13)19-18-20-16-6-4-3-5-15(16)17(22)21-18/h7-10H,2-6,11-12H2,1H3,(H2,19,20,21,22). The number of aromatic nitrogens is 2. The molecule has 1 aliphatic carbocycles. The van der Waals surface area contributed by atoms with E-state index >= 15 is 0 Å². The Kier molecular flexibility index (Phi) is 5.39. The van der Waals surface area contributed by atoms with Gasteiger partial charge in [0.25, 0.3) is 5.56 Å². The van der Waals surface area contributed by atoms with E-state index in [1.165, 1.54) is 17.7 Å². The van der Waals surface area contributed by atoms with E-state index in [2.05, 4.69) is 34.3 Å². The number of nitrogens with zero attached hydrogens (tertiary/aromatic N) is 1. The van der Waals surface area contributed by atoms with Gasteiger partial charge in [0.1, 0.15) is 0 Å². The molecular formula is C18H23N3OS. The van der Waals surface area contributed by atoms with Crippen LogP contribution in [0.3, 0.4) is 0 Å². The monoisotopic (exact) mass is 329 g/mol. The van der Waals surface area contributed by atoms with Crippen molar-refractivity contribution in [1.29, 1.82) is 0 Å². The molecule has 0 fully saturated rings. The van der Waals surface area contributed by atoms with Crippen molar-refractivity contribution in [2.45, 2.75) is 44.8 Å². The van der Waals surface area contributed by atoms with Crippen molar-refractivity contribution in [1.82, 2.24) is 9.97 Å². The van der Waals surface area contributed by atoms with Crippen LogP contribution in [0.1, 0.15) is 43.0 Å². The van der Waals surface area contributed by atoms with Gasteiger partial charge in [-0.15, -0.1) is 0 Å². The number of nitrogens with one attached hydrogen (secondary N) is 2. The van der Waals surface area contributed by atoms with Gasteiger partial charge in [0, 0.05) is 17.0 Å². The normalized spacial score (nSPS) is 13.6. The Morgan fingerprint density at radius 1 is 1.22 bits per heavy atom. The van der Waals surface area contributed by atoms with Gasteiger partial charge in [-0.3, -0.25) is 9.78 Å². The van der Waals surface area contributed by atoms with E-state index in [0.717, 1.165) is 48.4 Å². The number of fused-ring (bicyclic) bond motifs is 1. The van der Waals surface area contributed by atoms with Gasteiger partial charge < -0.3 is 5.32 Å². The van der Waals surface area contributed by atoms with E-state index in [0.29, 0.717) is 5.95 Å². The predicted molar refractivity (Wildman–Crippen MR) is 97.7 cm³/mol. The number of aromatic amines is 1. The average Bonchev–Trinajstić information content (AvgIpc) is 2.57. The Morgan fingerprint density at radius 3 is 2.78 bits per heavy atom. The van der Waals surface area contributed by atoms with Crippen LogP contribution < -0.4 is 10.9 Å². The highest BCUT2D eigenvalue weighted by atomic mass is 32.2. The molecule has 4 nitrogen and oxygen atoms in total. The first-order chi connectivity index (χ1) is 11.3. The van der Waals surface area contributed by atoms with Crippen LogP contribution in [-0.4, -0.2) is 15.7 Å². The molecule has 2 aromatic rings. The Hall–Kier alpha value is -1.75. The predicted octanol–water partition coefficient (Wildman–Crippen LogP) is 4.04. The highest BCUT2D eigenvalue weighted by Gasteiger charge is 2.15. The van der Waals surface area contributed by atoms with Gasteiger partial charge in [-0.05, 0) is 55.6 Å². The highest BCUT2D eigenvalue weighted by molar-refractivity contribution is 7.98. The third kappa shape index (κ3) is 4.16. The van der Waals surface area contributed by atoms with Crippen molar-refractivity contribution < 1.29 is 0 Å². The van der Waals surface area contributed by atoms with Crippen LogP contribution in [0.5, 0.6) is 0 Å². The van der Waals surface area contributed by atoms with E-state index in [-0.39, 0.29) is 5.56 Å². The summed E-state index contributed by atoms with van der Waals surface area (Å²) in [6, 6.07) is 8.34. The summed E-state index contributed by atoms with van der Waals surface area (Å²) in [5.74, 6) is 2.78. The molecule has 0 radical (unpaired) electrons. The summed E-state index contributed by atoms with van der Waals surface area (Å²) >= 11 is 1.95. The minimum atomic E-state index is 0.00443. The van der Waals surface area contributed by atoms with Gasteiger partial charge in [0.2, 0.25) is 5.95 Å². The number of thioether (sulfide) groups is 1. The lowest BCUT2D eigenvalue weighted by Gasteiger charge is -2.15. The average molecular weight is 329 g/mol. The first-order valence-corrected chi connectivity index (χ1v) is 9.47. The number of benzene rings is 1. The minimum Gasteiger partial charge on any atom is -0.326 e. The summed E-state index contributed by atoms with van der Waals surface area (Å²) in [5.41, 5.74) is 4.10. The van der Waals surface area contributed by atoms with Gasteiger partial charge in [0.05, 0.1) is 5.69 Å². The maximum absolute atomic E-state index is 12.1. The van der Waals surface area contributed by atoms with Crippen LogP contribution in [0.25, 0.3) is 0 Å². The lowest BCUT2D eigenvalue weighted by molar-refractivity contribution is 0.658. The third-order valence-corrected chi connectivity index (χ3v) is 5.26. The summed E-state index contributed by atoms with van der Waals surface area (Å²) in [5, 5.41) is 3.22. The molecule has 0 unspecified atom stereocenters. The Bertz CT molecular complexity index is 709.